The smallest absolute Gasteiger partial charge is 0.136 e. The Labute approximate surface area is 133 Å². The van der Waals surface area contributed by atoms with Crippen LogP contribution in [0.3, 0.4) is 0 Å². The summed E-state index contributed by atoms with van der Waals surface area (Å²) in [7, 11) is 0. The molecule has 3 N–H and O–H groups in total. The summed E-state index contributed by atoms with van der Waals surface area (Å²) in [6, 6.07) is 2.15. The van der Waals surface area contributed by atoms with Gasteiger partial charge in [-0.25, -0.2) is 4.98 Å². The Morgan fingerprint density at radius 1 is 1.33 bits per heavy atom. The molecular formula is C17H27N3S. The summed E-state index contributed by atoms with van der Waals surface area (Å²) in [6.07, 6.45) is 8.35. The minimum Gasteiger partial charge on any atom is -0.389 e. The van der Waals surface area contributed by atoms with E-state index in [1.54, 1.807) is 0 Å². The van der Waals surface area contributed by atoms with E-state index in [2.05, 4.69) is 25.2 Å². The van der Waals surface area contributed by atoms with Crippen molar-refractivity contribution in [3.63, 3.8) is 0 Å². The van der Waals surface area contributed by atoms with Crippen molar-refractivity contribution >= 4 is 23.0 Å². The van der Waals surface area contributed by atoms with Gasteiger partial charge in [0.2, 0.25) is 0 Å². The first-order chi connectivity index (χ1) is 10.1. The average Bonchev–Trinajstić information content (AvgIpc) is 2.45. The van der Waals surface area contributed by atoms with Crippen molar-refractivity contribution in [3.8, 4) is 0 Å². The number of hydrogen-bond acceptors (Lipinski definition) is 3. The zero-order valence-corrected chi connectivity index (χ0v) is 14.1. The Bertz CT molecular complexity index is 497. The molecule has 21 heavy (non-hydrogen) atoms. The fraction of sp³-hybridized carbons (Fsp3) is 0.647. The Hall–Kier alpha value is -1.16. The number of thiocarbonyl (C=S) groups is 1. The molecule has 1 aromatic rings. The SMILES string of the molecule is CC(C)CCCCNc1nc2c(cc1C(N)=S)CCCC2. The molecule has 1 aromatic heterocycles. The molecule has 0 atom stereocenters. The van der Waals surface area contributed by atoms with Gasteiger partial charge >= 0.3 is 0 Å². The van der Waals surface area contributed by atoms with Crippen molar-refractivity contribution in [1.82, 2.24) is 4.98 Å². The van der Waals surface area contributed by atoms with E-state index < -0.39 is 0 Å². The normalized spacial score (nSPS) is 14.0. The van der Waals surface area contributed by atoms with Crippen LogP contribution in [0.25, 0.3) is 0 Å². The lowest BCUT2D eigenvalue weighted by atomic mass is 9.94. The van der Waals surface area contributed by atoms with Gasteiger partial charge in [0.05, 0.1) is 5.56 Å². The third-order valence-electron chi connectivity index (χ3n) is 4.07. The second kappa shape index (κ2) is 7.74. The van der Waals surface area contributed by atoms with Gasteiger partial charge in [-0.15, -0.1) is 0 Å². The number of hydrogen-bond donors (Lipinski definition) is 2. The first kappa shape index (κ1) is 16.2. The van der Waals surface area contributed by atoms with Crippen LogP contribution in [0.15, 0.2) is 6.07 Å². The van der Waals surface area contributed by atoms with Crippen LogP contribution in [0.2, 0.25) is 0 Å². The molecule has 1 aliphatic rings. The molecule has 0 spiro atoms. The van der Waals surface area contributed by atoms with Gasteiger partial charge in [0.25, 0.3) is 0 Å². The van der Waals surface area contributed by atoms with E-state index in [0.717, 1.165) is 43.1 Å². The molecule has 0 amide bonds. The van der Waals surface area contributed by atoms with Gasteiger partial charge in [-0.2, -0.15) is 0 Å². The van der Waals surface area contributed by atoms with Crippen molar-refractivity contribution in [1.29, 1.82) is 0 Å². The number of nitrogens with two attached hydrogens (primary N) is 1. The summed E-state index contributed by atoms with van der Waals surface area (Å²) in [5.41, 5.74) is 9.34. The van der Waals surface area contributed by atoms with Gasteiger partial charge in [-0.3, -0.25) is 0 Å². The number of anilines is 1. The van der Waals surface area contributed by atoms with E-state index >= 15 is 0 Å². The third kappa shape index (κ3) is 4.67. The Kier molecular flexibility index (Phi) is 5.97. The van der Waals surface area contributed by atoms with Crippen LogP contribution in [0.5, 0.6) is 0 Å². The number of unbranched alkanes of at least 4 members (excludes halogenated alkanes) is 1. The predicted octanol–water partition coefficient (Wildman–Crippen LogP) is 3.83. The lowest BCUT2D eigenvalue weighted by molar-refractivity contribution is 0.544. The van der Waals surface area contributed by atoms with Gasteiger partial charge in [-0.05, 0) is 49.7 Å². The second-order valence-corrected chi connectivity index (χ2v) is 6.82. The third-order valence-corrected chi connectivity index (χ3v) is 4.29. The fourth-order valence-electron chi connectivity index (χ4n) is 2.84. The molecule has 116 valence electrons. The number of pyridine rings is 1. The molecular weight excluding hydrogens is 278 g/mol. The molecule has 0 fully saturated rings. The van der Waals surface area contributed by atoms with Crippen molar-refractivity contribution in [3.05, 3.63) is 22.9 Å². The monoisotopic (exact) mass is 305 g/mol. The first-order valence-corrected chi connectivity index (χ1v) is 8.55. The molecule has 2 rings (SSSR count). The zero-order chi connectivity index (χ0) is 15.2. The maximum atomic E-state index is 5.87. The minimum atomic E-state index is 0.445. The molecule has 0 bridgehead atoms. The molecule has 0 aliphatic heterocycles. The largest absolute Gasteiger partial charge is 0.389 e. The molecule has 4 heteroatoms. The summed E-state index contributed by atoms with van der Waals surface area (Å²) < 4.78 is 0. The molecule has 0 radical (unpaired) electrons. The fourth-order valence-corrected chi connectivity index (χ4v) is 3.00. The van der Waals surface area contributed by atoms with E-state index in [4.69, 9.17) is 22.9 Å². The molecule has 3 nitrogen and oxygen atoms in total. The highest BCUT2D eigenvalue weighted by atomic mass is 32.1. The molecule has 1 heterocycles. The minimum absolute atomic E-state index is 0.445. The van der Waals surface area contributed by atoms with Gasteiger partial charge in [0, 0.05) is 12.2 Å². The van der Waals surface area contributed by atoms with Crippen molar-refractivity contribution < 1.29 is 0 Å². The quantitative estimate of drug-likeness (QED) is 0.594. The number of aromatic nitrogens is 1. The Balaban J connectivity index is 2.01. The second-order valence-electron chi connectivity index (χ2n) is 6.38. The Morgan fingerprint density at radius 3 is 2.81 bits per heavy atom. The first-order valence-electron chi connectivity index (χ1n) is 8.14. The summed E-state index contributed by atoms with van der Waals surface area (Å²) >= 11 is 5.19. The van der Waals surface area contributed by atoms with Crippen LogP contribution >= 0.6 is 12.2 Å². The highest BCUT2D eigenvalue weighted by Gasteiger charge is 2.16. The maximum absolute atomic E-state index is 5.87. The van der Waals surface area contributed by atoms with Gasteiger partial charge < -0.3 is 11.1 Å². The van der Waals surface area contributed by atoms with Crippen LogP contribution in [0.4, 0.5) is 5.82 Å². The van der Waals surface area contributed by atoms with Crippen molar-refractivity contribution in [2.75, 3.05) is 11.9 Å². The van der Waals surface area contributed by atoms with Crippen LogP contribution in [0.1, 0.15) is 62.8 Å². The van der Waals surface area contributed by atoms with Gasteiger partial charge in [0.15, 0.2) is 0 Å². The molecule has 0 saturated carbocycles. The van der Waals surface area contributed by atoms with E-state index in [1.165, 1.54) is 36.9 Å². The molecule has 1 aliphatic carbocycles. The van der Waals surface area contributed by atoms with Crippen molar-refractivity contribution in [2.24, 2.45) is 11.7 Å². The average molecular weight is 305 g/mol. The standard InChI is InChI=1S/C17H27N3S/c1-12(2)7-5-6-10-19-17-14(16(18)21)11-13-8-3-4-9-15(13)20-17/h11-12H,3-10H2,1-2H3,(H2,18,21)(H,19,20). The lowest BCUT2D eigenvalue weighted by Crippen LogP contribution is -2.18. The van der Waals surface area contributed by atoms with E-state index in [9.17, 15) is 0 Å². The highest BCUT2D eigenvalue weighted by Crippen LogP contribution is 2.24. The Morgan fingerprint density at radius 2 is 2.10 bits per heavy atom. The van der Waals surface area contributed by atoms with Gasteiger partial charge in [-0.1, -0.05) is 38.9 Å². The summed E-state index contributed by atoms with van der Waals surface area (Å²) in [6.45, 7) is 5.47. The number of aryl methyl sites for hydroxylation is 2. The lowest BCUT2D eigenvalue weighted by Gasteiger charge is -2.19. The number of nitrogens with zero attached hydrogens (tertiary/aromatic N) is 1. The predicted molar refractivity (Wildman–Crippen MR) is 93.9 cm³/mol. The molecule has 0 aromatic carbocycles. The van der Waals surface area contributed by atoms with Crippen LogP contribution in [-0.2, 0) is 12.8 Å². The number of fused-ring (bicyclic) bond motifs is 1. The van der Waals surface area contributed by atoms with Crippen LogP contribution in [-0.4, -0.2) is 16.5 Å². The van der Waals surface area contributed by atoms with E-state index in [1.807, 2.05) is 0 Å². The maximum Gasteiger partial charge on any atom is 0.136 e. The van der Waals surface area contributed by atoms with E-state index in [-0.39, 0.29) is 0 Å². The van der Waals surface area contributed by atoms with E-state index in [0.29, 0.717) is 4.99 Å². The zero-order valence-electron chi connectivity index (χ0n) is 13.2. The number of rotatable bonds is 7. The summed E-state index contributed by atoms with van der Waals surface area (Å²) in [5, 5.41) is 3.44. The van der Waals surface area contributed by atoms with Crippen LogP contribution in [0, 0.1) is 5.92 Å². The topological polar surface area (TPSA) is 50.9 Å². The number of nitrogens with one attached hydrogen (secondary N) is 1. The summed E-state index contributed by atoms with van der Waals surface area (Å²) in [5.74, 6) is 1.66. The van der Waals surface area contributed by atoms with Crippen LogP contribution < -0.4 is 11.1 Å². The van der Waals surface area contributed by atoms with Gasteiger partial charge in [0.1, 0.15) is 10.8 Å². The summed E-state index contributed by atoms with van der Waals surface area (Å²) in [4.78, 5) is 5.23. The molecule has 0 saturated heterocycles. The highest BCUT2D eigenvalue weighted by molar-refractivity contribution is 7.80. The van der Waals surface area contributed by atoms with Crippen molar-refractivity contribution in [2.45, 2.75) is 58.8 Å². The molecule has 0 unspecified atom stereocenters.